The van der Waals surface area contributed by atoms with E-state index in [1.54, 1.807) is 0 Å². The minimum atomic E-state index is -4.47. The van der Waals surface area contributed by atoms with Crippen LogP contribution in [0.1, 0.15) is 19.3 Å². The van der Waals surface area contributed by atoms with E-state index in [9.17, 15) is 13.2 Å². The maximum Gasteiger partial charge on any atom is 0.522 e. The molecule has 0 bridgehead atoms. The Morgan fingerprint density at radius 1 is 1.33 bits per heavy atom. The van der Waals surface area contributed by atoms with Crippen LogP contribution in [-0.4, -0.2) is 19.0 Å². The van der Waals surface area contributed by atoms with E-state index in [0.717, 1.165) is 6.42 Å². The monoisotopic (exact) mass is 183 g/mol. The Morgan fingerprint density at radius 3 is 2.33 bits per heavy atom. The number of alkyl halides is 3. The molecule has 0 aromatic carbocycles. The summed E-state index contributed by atoms with van der Waals surface area (Å²) in [6, 6.07) is 0. The normalized spacial score (nSPS) is 30.0. The summed E-state index contributed by atoms with van der Waals surface area (Å²) >= 11 is 0. The fraction of sp³-hybridized carbons (Fsp3) is 1.00. The number of rotatable bonds is 3. The lowest BCUT2D eigenvalue weighted by molar-refractivity contribution is -0.354. The topological polar surface area (TPSA) is 35.2 Å². The Balaban J connectivity index is 2.10. The van der Waals surface area contributed by atoms with Crippen LogP contribution in [0, 0.1) is 5.92 Å². The molecule has 0 spiro atoms. The van der Waals surface area contributed by atoms with Gasteiger partial charge in [0.05, 0.1) is 6.10 Å². The minimum absolute atomic E-state index is 0.336. The molecule has 0 radical (unpaired) electrons. The molecule has 0 saturated heterocycles. The van der Waals surface area contributed by atoms with Crippen molar-refractivity contribution in [3.8, 4) is 0 Å². The highest BCUT2D eigenvalue weighted by atomic mass is 19.4. The highest BCUT2D eigenvalue weighted by Gasteiger charge is 2.39. The van der Waals surface area contributed by atoms with Crippen LogP contribution in [0.4, 0.5) is 13.2 Å². The van der Waals surface area contributed by atoms with Gasteiger partial charge in [-0.3, -0.25) is 4.74 Å². The minimum Gasteiger partial charge on any atom is -0.330 e. The molecule has 0 aliphatic heterocycles. The number of nitrogens with two attached hydrogens (primary N) is 1. The lowest BCUT2D eigenvalue weighted by atomic mass is 9.80. The van der Waals surface area contributed by atoms with Gasteiger partial charge in [-0.2, -0.15) is 0 Å². The smallest absolute Gasteiger partial charge is 0.330 e. The fourth-order valence-corrected chi connectivity index (χ4v) is 1.43. The molecule has 1 rings (SSSR count). The SMILES string of the molecule is NCCC1CC(OC(F)(F)F)C1. The highest BCUT2D eigenvalue weighted by Crippen LogP contribution is 2.36. The second-order valence-corrected chi connectivity index (χ2v) is 3.10. The van der Waals surface area contributed by atoms with E-state index < -0.39 is 12.5 Å². The molecule has 5 heteroatoms. The molecule has 1 aliphatic rings. The molecule has 2 N–H and O–H groups in total. The lowest BCUT2D eigenvalue weighted by Gasteiger charge is -2.35. The summed E-state index contributed by atoms with van der Waals surface area (Å²) in [5, 5.41) is 0. The van der Waals surface area contributed by atoms with Gasteiger partial charge < -0.3 is 5.73 Å². The van der Waals surface area contributed by atoms with E-state index in [2.05, 4.69) is 4.74 Å². The van der Waals surface area contributed by atoms with E-state index in [1.807, 2.05) is 0 Å². The molecular formula is C7H12F3NO. The van der Waals surface area contributed by atoms with Crippen molar-refractivity contribution in [2.75, 3.05) is 6.54 Å². The molecule has 0 unspecified atom stereocenters. The van der Waals surface area contributed by atoms with Gasteiger partial charge in [0.25, 0.3) is 0 Å². The van der Waals surface area contributed by atoms with Gasteiger partial charge in [0, 0.05) is 0 Å². The first kappa shape index (κ1) is 9.80. The van der Waals surface area contributed by atoms with Crippen LogP contribution in [0.3, 0.4) is 0 Å². The summed E-state index contributed by atoms with van der Waals surface area (Å²) in [6.45, 7) is 0.545. The molecule has 0 amide bonds. The van der Waals surface area contributed by atoms with Gasteiger partial charge in [0.15, 0.2) is 0 Å². The molecular weight excluding hydrogens is 171 g/mol. The molecule has 0 heterocycles. The summed E-state index contributed by atoms with van der Waals surface area (Å²) in [4.78, 5) is 0. The number of halogens is 3. The molecule has 2 nitrogen and oxygen atoms in total. The summed E-state index contributed by atoms with van der Waals surface area (Å²) in [7, 11) is 0. The van der Waals surface area contributed by atoms with E-state index in [4.69, 9.17) is 5.73 Å². The number of hydrogen-bond donors (Lipinski definition) is 1. The first-order valence-corrected chi connectivity index (χ1v) is 3.96. The third-order valence-electron chi connectivity index (χ3n) is 2.07. The van der Waals surface area contributed by atoms with Crippen LogP contribution in [0.25, 0.3) is 0 Å². The molecule has 1 fully saturated rings. The highest BCUT2D eigenvalue weighted by molar-refractivity contribution is 4.80. The zero-order valence-electron chi connectivity index (χ0n) is 6.60. The first-order valence-electron chi connectivity index (χ1n) is 3.96. The van der Waals surface area contributed by atoms with E-state index in [0.29, 0.717) is 25.3 Å². The summed E-state index contributed by atoms with van der Waals surface area (Å²) < 4.78 is 38.6. The van der Waals surface area contributed by atoms with Crippen LogP contribution in [-0.2, 0) is 4.74 Å². The van der Waals surface area contributed by atoms with Crippen molar-refractivity contribution in [2.24, 2.45) is 11.7 Å². The Hall–Kier alpha value is -0.290. The lowest BCUT2D eigenvalue weighted by Crippen LogP contribution is -2.36. The third-order valence-corrected chi connectivity index (χ3v) is 2.07. The largest absolute Gasteiger partial charge is 0.522 e. The van der Waals surface area contributed by atoms with E-state index >= 15 is 0 Å². The van der Waals surface area contributed by atoms with Gasteiger partial charge in [-0.05, 0) is 31.7 Å². The van der Waals surface area contributed by atoms with Gasteiger partial charge in [-0.15, -0.1) is 13.2 Å². The van der Waals surface area contributed by atoms with Gasteiger partial charge in [-0.1, -0.05) is 0 Å². The Labute approximate surface area is 68.9 Å². The van der Waals surface area contributed by atoms with Crippen molar-refractivity contribution >= 4 is 0 Å². The molecule has 1 saturated carbocycles. The van der Waals surface area contributed by atoms with Crippen molar-refractivity contribution in [1.82, 2.24) is 0 Å². The van der Waals surface area contributed by atoms with Crippen molar-refractivity contribution < 1.29 is 17.9 Å². The van der Waals surface area contributed by atoms with Gasteiger partial charge >= 0.3 is 6.36 Å². The Kier molecular flexibility index (Phi) is 2.95. The first-order chi connectivity index (χ1) is 5.51. The molecule has 0 atom stereocenters. The number of hydrogen-bond acceptors (Lipinski definition) is 2. The standard InChI is InChI=1S/C7H12F3NO/c8-7(9,10)12-6-3-5(4-6)1-2-11/h5-6H,1-4,11H2. The van der Waals surface area contributed by atoms with Gasteiger partial charge in [0.1, 0.15) is 0 Å². The van der Waals surface area contributed by atoms with Crippen LogP contribution < -0.4 is 5.73 Å². The average molecular weight is 183 g/mol. The molecule has 0 aromatic heterocycles. The van der Waals surface area contributed by atoms with Crippen LogP contribution in [0.2, 0.25) is 0 Å². The zero-order chi connectivity index (χ0) is 9.19. The van der Waals surface area contributed by atoms with E-state index in [-0.39, 0.29) is 0 Å². The zero-order valence-corrected chi connectivity index (χ0v) is 6.60. The van der Waals surface area contributed by atoms with Crippen molar-refractivity contribution in [2.45, 2.75) is 31.7 Å². The fourth-order valence-electron chi connectivity index (χ4n) is 1.43. The second kappa shape index (κ2) is 3.62. The van der Waals surface area contributed by atoms with Crippen LogP contribution in [0.5, 0.6) is 0 Å². The summed E-state index contributed by atoms with van der Waals surface area (Å²) in [6.07, 6.45) is -3.30. The predicted molar refractivity (Wildman–Crippen MR) is 37.3 cm³/mol. The average Bonchev–Trinajstić information content (AvgIpc) is 1.80. The van der Waals surface area contributed by atoms with Crippen molar-refractivity contribution in [1.29, 1.82) is 0 Å². The third kappa shape index (κ3) is 2.98. The van der Waals surface area contributed by atoms with Crippen molar-refractivity contribution in [3.05, 3.63) is 0 Å². The molecule has 0 aromatic rings. The summed E-state index contributed by atoms with van der Waals surface area (Å²) in [5.41, 5.74) is 5.25. The molecule has 12 heavy (non-hydrogen) atoms. The molecule has 1 aliphatic carbocycles. The maximum atomic E-state index is 11.6. The van der Waals surface area contributed by atoms with E-state index in [1.165, 1.54) is 0 Å². The van der Waals surface area contributed by atoms with Gasteiger partial charge in [-0.25, -0.2) is 0 Å². The Morgan fingerprint density at radius 2 is 1.92 bits per heavy atom. The van der Waals surface area contributed by atoms with Crippen molar-refractivity contribution in [3.63, 3.8) is 0 Å². The molecule has 72 valence electrons. The van der Waals surface area contributed by atoms with Crippen LogP contribution >= 0.6 is 0 Å². The van der Waals surface area contributed by atoms with Gasteiger partial charge in [0.2, 0.25) is 0 Å². The maximum absolute atomic E-state index is 11.6. The quantitative estimate of drug-likeness (QED) is 0.722. The van der Waals surface area contributed by atoms with Crippen LogP contribution in [0.15, 0.2) is 0 Å². The second-order valence-electron chi connectivity index (χ2n) is 3.10. The predicted octanol–water partition coefficient (Wildman–Crippen LogP) is 1.65. The Bertz CT molecular complexity index is 142. The summed E-state index contributed by atoms with van der Waals surface area (Å²) in [5.74, 6) is 0.336. The number of ether oxygens (including phenoxy) is 1.